The van der Waals surface area contributed by atoms with Gasteiger partial charge in [-0.25, -0.2) is 0 Å². The number of nitrogens with one attached hydrogen (secondary N) is 1. The number of rotatable bonds is 7. The Morgan fingerprint density at radius 3 is 2.12 bits per heavy atom. The first-order valence-electron chi connectivity index (χ1n) is 9.95. The van der Waals surface area contributed by atoms with Crippen molar-refractivity contribution in [2.45, 2.75) is 19.6 Å². The SMILES string of the molecule is Cc1onc(-c2ccccc2)c1C(=O)NC(c1ccccc1)c1ccc(OC(F)F)cc1. The second-order valence-corrected chi connectivity index (χ2v) is 7.09. The van der Waals surface area contributed by atoms with Gasteiger partial charge in [-0.3, -0.25) is 4.79 Å². The third-order valence-electron chi connectivity index (χ3n) is 4.98. The van der Waals surface area contributed by atoms with E-state index in [9.17, 15) is 13.6 Å². The number of ether oxygens (including phenoxy) is 1. The number of alkyl halides is 2. The van der Waals surface area contributed by atoms with Gasteiger partial charge in [0.1, 0.15) is 22.8 Å². The van der Waals surface area contributed by atoms with Crippen molar-refractivity contribution in [2.24, 2.45) is 0 Å². The van der Waals surface area contributed by atoms with Gasteiger partial charge in [-0.1, -0.05) is 78.0 Å². The van der Waals surface area contributed by atoms with Crippen LogP contribution in [0, 0.1) is 6.92 Å². The summed E-state index contributed by atoms with van der Waals surface area (Å²) in [5, 5.41) is 7.11. The van der Waals surface area contributed by atoms with Crippen LogP contribution in [0.15, 0.2) is 89.5 Å². The van der Waals surface area contributed by atoms with Gasteiger partial charge < -0.3 is 14.6 Å². The van der Waals surface area contributed by atoms with Crippen LogP contribution < -0.4 is 10.1 Å². The number of aryl methyl sites for hydroxylation is 1. The van der Waals surface area contributed by atoms with E-state index in [0.717, 1.165) is 11.1 Å². The molecule has 0 radical (unpaired) electrons. The first-order chi connectivity index (χ1) is 15.5. The third-order valence-corrected chi connectivity index (χ3v) is 4.98. The first kappa shape index (κ1) is 21.2. The lowest BCUT2D eigenvalue weighted by Crippen LogP contribution is -2.30. The van der Waals surface area contributed by atoms with Gasteiger partial charge in [-0.2, -0.15) is 8.78 Å². The smallest absolute Gasteiger partial charge is 0.387 e. The van der Waals surface area contributed by atoms with E-state index in [0.29, 0.717) is 22.6 Å². The van der Waals surface area contributed by atoms with Gasteiger partial charge in [0, 0.05) is 5.56 Å². The Balaban J connectivity index is 1.67. The highest BCUT2D eigenvalue weighted by Crippen LogP contribution is 2.28. The number of hydrogen-bond donors (Lipinski definition) is 1. The van der Waals surface area contributed by atoms with Crippen molar-refractivity contribution in [3.63, 3.8) is 0 Å². The molecule has 4 aromatic rings. The number of halogens is 2. The summed E-state index contributed by atoms with van der Waals surface area (Å²) in [6, 6.07) is 24.3. The van der Waals surface area contributed by atoms with Crippen molar-refractivity contribution >= 4 is 5.91 Å². The zero-order chi connectivity index (χ0) is 22.5. The molecule has 0 aliphatic heterocycles. The number of aromatic nitrogens is 1. The van der Waals surface area contributed by atoms with Gasteiger partial charge >= 0.3 is 6.61 Å². The van der Waals surface area contributed by atoms with Gasteiger partial charge in [0.2, 0.25) is 0 Å². The maximum absolute atomic E-state index is 13.4. The Kier molecular flexibility index (Phi) is 6.26. The predicted octanol–water partition coefficient (Wildman–Crippen LogP) is 5.77. The van der Waals surface area contributed by atoms with Crippen LogP contribution in [0.25, 0.3) is 11.3 Å². The van der Waals surface area contributed by atoms with Crippen LogP contribution in [0.3, 0.4) is 0 Å². The van der Waals surface area contributed by atoms with Crippen LogP contribution in [-0.4, -0.2) is 17.7 Å². The molecule has 0 aliphatic rings. The summed E-state index contributed by atoms with van der Waals surface area (Å²) in [5.74, 6) is 0.0846. The summed E-state index contributed by atoms with van der Waals surface area (Å²) in [5.41, 5.74) is 3.10. The standard InChI is InChI=1S/C25H20F2N2O3/c1-16-21(23(29-32-16)18-10-6-3-7-11-18)24(30)28-22(17-8-4-2-5-9-17)19-12-14-20(15-13-19)31-25(26)27/h2-15,22,25H,1H3,(H,28,30). The lowest BCUT2D eigenvalue weighted by molar-refractivity contribution is -0.0498. The second-order valence-electron chi connectivity index (χ2n) is 7.09. The molecule has 1 aromatic heterocycles. The molecular weight excluding hydrogens is 414 g/mol. The number of carbonyl (C=O) groups is 1. The molecule has 1 N–H and O–H groups in total. The van der Waals surface area contributed by atoms with Crippen LogP contribution in [0.1, 0.15) is 33.3 Å². The molecule has 4 rings (SSSR count). The highest BCUT2D eigenvalue weighted by atomic mass is 19.3. The second kappa shape index (κ2) is 9.43. The van der Waals surface area contributed by atoms with Crippen molar-refractivity contribution in [1.29, 1.82) is 0 Å². The fraction of sp³-hybridized carbons (Fsp3) is 0.120. The minimum atomic E-state index is -2.90. The minimum absolute atomic E-state index is 0.0446. The summed E-state index contributed by atoms with van der Waals surface area (Å²) in [7, 11) is 0. The summed E-state index contributed by atoms with van der Waals surface area (Å²) < 4.78 is 34.7. The van der Waals surface area contributed by atoms with Crippen LogP contribution >= 0.6 is 0 Å². The number of carbonyl (C=O) groups excluding carboxylic acids is 1. The molecule has 1 unspecified atom stereocenters. The quantitative estimate of drug-likeness (QED) is 0.401. The monoisotopic (exact) mass is 434 g/mol. The average Bonchev–Trinajstić information content (AvgIpc) is 3.20. The zero-order valence-corrected chi connectivity index (χ0v) is 17.2. The van der Waals surface area contributed by atoms with Gasteiger partial charge in [-0.05, 0) is 30.2 Å². The number of benzene rings is 3. The molecule has 5 nitrogen and oxygen atoms in total. The van der Waals surface area contributed by atoms with Gasteiger partial charge in [-0.15, -0.1) is 0 Å². The molecule has 0 saturated heterocycles. The van der Waals surface area contributed by atoms with Gasteiger partial charge in [0.05, 0.1) is 6.04 Å². The van der Waals surface area contributed by atoms with E-state index in [1.807, 2.05) is 60.7 Å². The molecule has 7 heteroatoms. The van der Waals surface area contributed by atoms with E-state index >= 15 is 0 Å². The van der Waals surface area contributed by atoms with E-state index in [4.69, 9.17) is 4.52 Å². The highest BCUT2D eigenvalue weighted by molar-refractivity contribution is 6.01. The van der Waals surface area contributed by atoms with E-state index in [2.05, 4.69) is 15.2 Å². The zero-order valence-electron chi connectivity index (χ0n) is 17.2. The minimum Gasteiger partial charge on any atom is -0.435 e. The molecule has 0 saturated carbocycles. The molecular formula is C25H20F2N2O3. The number of amides is 1. The molecule has 1 amide bonds. The van der Waals surface area contributed by atoms with Gasteiger partial charge in [0.25, 0.3) is 5.91 Å². The maximum atomic E-state index is 13.4. The Morgan fingerprint density at radius 1 is 0.906 bits per heavy atom. The molecule has 1 atom stereocenters. The molecule has 32 heavy (non-hydrogen) atoms. The highest BCUT2D eigenvalue weighted by Gasteiger charge is 2.25. The summed E-state index contributed by atoms with van der Waals surface area (Å²) in [6.07, 6.45) is 0. The van der Waals surface area contributed by atoms with Crippen molar-refractivity contribution in [3.8, 4) is 17.0 Å². The Hall–Kier alpha value is -4.00. The molecule has 3 aromatic carbocycles. The lowest BCUT2D eigenvalue weighted by atomic mass is 9.97. The Bertz CT molecular complexity index is 1180. The fourth-order valence-electron chi connectivity index (χ4n) is 3.48. The van der Waals surface area contributed by atoms with Crippen molar-refractivity contribution in [1.82, 2.24) is 10.5 Å². The summed E-state index contributed by atoms with van der Waals surface area (Å²) in [4.78, 5) is 13.4. The topological polar surface area (TPSA) is 64.4 Å². The summed E-state index contributed by atoms with van der Waals surface area (Å²) >= 11 is 0. The van der Waals surface area contributed by atoms with Crippen LogP contribution in [-0.2, 0) is 0 Å². The molecule has 0 fully saturated rings. The first-order valence-corrected chi connectivity index (χ1v) is 9.95. The van der Waals surface area contributed by atoms with E-state index in [1.54, 1.807) is 19.1 Å². The molecule has 1 heterocycles. The molecule has 162 valence electrons. The molecule has 0 bridgehead atoms. The molecule has 0 aliphatic carbocycles. The van der Waals surface area contributed by atoms with Crippen LogP contribution in [0.5, 0.6) is 5.75 Å². The van der Waals surface area contributed by atoms with Gasteiger partial charge in [0.15, 0.2) is 0 Å². The summed E-state index contributed by atoms with van der Waals surface area (Å²) in [6.45, 7) is -1.22. The van der Waals surface area contributed by atoms with E-state index in [1.165, 1.54) is 12.1 Å². The van der Waals surface area contributed by atoms with Crippen molar-refractivity contribution in [3.05, 3.63) is 107 Å². The predicted molar refractivity (Wildman–Crippen MR) is 116 cm³/mol. The maximum Gasteiger partial charge on any atom is 0.387 e. The third kappa shape index (κ3) is 4.67. The van der Waals surface area contributed by atoms with Crippen LogP contribution in [0.2, 0.25) is 0 Å². The van der Waals surface area contributed by atoms with E-state index < -0.39 is 12.7 Å². The normalized spacial score (nSPS) is 11.9. The largest absolute Gasteiger partial charge is 0.435 e. The Morgan fingerprint density at radius 2 is 1.50 bits per heavy atom. The van der Waals surface area contributed by atoms with Crippen LogP contribution in [0.4, 0.5) is 8.78 Å². The number of hydrogen-bond acceptors (Lipinski definition) is 4. The van der Waals surface area contributed by atoms with Crippen molar-refractivity contribution in [2.75, 3.05) is 0 Å². The lowest BCUT2D eigenvalue weighted by Gasteiger charge is -2.20. The Labute approximate surface area is 183 Å². The average molecular weight is 434 g/mol. The van der Waals surface area contributed by atoms with Crippen molar-refractivity contribution < 1.29 is 22.8 Å². The van der Waals surface area contributed by atoms with E-state index in [-0.39, 0.29) is 11.7 Å². The number of nitrogens with zero attached hydrogens (tertiary/aromatic N) is 1. The molecule has 0 spiro atoms. The fourth-order valence-corrected chi connectivity index (χ4v) is 3.48.